The standard InChI is InChI=1S/C10H13NO2.Y/c1-4-5-6-11-10(9(3)13)8(2)7-12;/h4-5H2,1-3H3;/q-2;/b10-8-;. The third kappa shape index (κ3) is 6.33. The van der Waals surface area contributed by atoms with Crippen molar-refractivity contribution in [1.82, 2.24) is 0 Å². The number of hydrogen-bond acceptors (Lipinski definition) is 3. The van der Waals surface area contributed by atoms with E-state index in [0.717, 1.165) is 6.42 Å². The number of hydrogen-bond donors (Lipinski definition) is 0. The Kier molecular flexibility index (Phi) is 10.9. The van der Waals surface area contributed by atoms with Crippen LogP contribution in [0.15, 0.2) is 16.3 Å². The van der Waals surface area contributed by atoms with Gasteiger partial charge in [-0.05, 0) is 13.2 Å². The van der Waals surface area contributed by atoms with E-state index < -0.39 is 0 Å². The average molecular weight is 268 g/mol. The van der Waals surface area contributed by atoms with Gasteiger partial charge in [-0.15, -0.1) is 0 Å². The van der Waals surface area contributed by atoms with Crippen LogP contribution in [0.25, 0.3) is 0 Å². The van der Waals surface area contributed by atoms with Crippen LogP contribution in [-0.4, -0.2) is 18.3 Å². The summed E-state index contributed by atoms with van der Waals surface area (Å²) in [6.07, 6.45) is 5.95. The molecule has 0 aliphatic rings. The second kappa shape index (κ2) is 9.41. The maximum absolute atomic E-state index is 11.0. The van der Waals surface area contributed by atoms with Crippen LogP contribution in [0.1, 0.15) is 33.6 Å². The van der Waals surface area contributed by atoms with Crippen molar-refractivity contribution in [2.45, 2.75) is 33.6 Å². The number of Topliss-reactive ketones (excluding diaryl/α,β-unsaturated/α-hetero) is 1. The minimum Gasteiger partial charge on any atom is -0.454 e. The summed E-state index contributed by atoms with van der Waals surface area (Å²) in [7, 11) is 0. The van der Waals surface area contributed by atoms with Crippen LogP contribution in [0, 0.1) is 0 Å². The van der Waals surface area contributed by atoms with E-state index in [4.69, 9.17) is 0 Å². The molecule has 0 amide bonds. The van der Waals surface area contributed by atoms with Crippen molar-refractivity contribution in [3.05, 3.63) is 11.3 Å². The van der Waals surface area contributed by atoms with E-state index in [2.05, 4.69) is 11.2 Å². The average Bonchev–Trinajstić information content (AvgIpc) is 2.11. The number of unbranched alkanes of at least 4 members (excludes halogenated alkanes) is 1. The van der Waals surface area contributed by atoms with Crippen molar-refractivity contribution in [3.8, 4) is 0 Å². The Labute approximate surface area is 110 Å². The predicted molar refractivity (Wildman–Crippen MR) is 51.4 cm³/mol. The Morgan fingerprint density at radius 1 is 1.36 bits per heavy atom. The molecule has 0 aromatic rings. The smallest absolute Gasteiger partial charge is 0.0958 e. The number of ketones is 1. The molecule has 3 nitrogen and oxygen atoms in total. The summed E-state index contributed by atoms with van der Waals surface area (Å²) < 4.78 is 0. The van der Waals surface area contributed by atoms with E-state index in [1.54, 1.807) is 6.29 Å². The third-order valence-corrected chi connectivity index (χ3v) is 1.39. The molecular formula is C10H13NO2Y-2. The molecule has 4 heteroatoms. The SMILES string of the molecule is CCC[C-]=N/C(C(C)=O)=C(/C)[C-]=O.[Y]. The molecule has 14 heavy (non-hydrogen) atoms. The summed E-state index contributed by atoms with van der Waals surface area (Å²) in [5, 5.41) is 0. The molecule has 0 saturated carbocycles. The van der Waals surface area contributed by atoms with Gasteiger partial charge in [0.15, 0.2) is 0 Å². The predicted octanol–water partition coefficient (Wildman–Crippen LogP) is 1.70. The Morgan fingerprint density at radius 3 is 2.29 bits per heavy atom. The van der Waals surface area contributed by atoms with Gasteiger partial charge >= 0.3 is 0 Å². The molecule has 0 unspecified atom stereocenters. The van der Waals surface area contributed by atoms with Gasteiger partial charge in [0.05, 0.1) is 5.78 Å². The molecule has 0 aromatic heterocycles. The van der Waals surface area contributed by atoms with Crippen molar-refractivity contribution < 1.29 is 42.3 Å². The van der Waals surface area contributed by atoms with Gasteiger partial charge in [-0.2, -0.15) is 11.8 Å². The van der Waals surface area contributed by atoms with Gasteiger partial charge in [-0.1, -0.05) is 32.4 Å². The molecule has 0 atom stereocenters. The Hall–Kier alpha value is -0.146. The minimum absolute atomic E-state index is 0. The van der Waals surface area contributed by atoms with Gasteiger partial charge in [-0.3, -0.25) is 0 Å². The summed E-state index contributed by atoms with van der Waals surface area (Å²) in [4.78, 5) is 25.0. The Morgan fingerprint density at radius 2 is 1.93 bits per heavy atom. The van der Waals surface area contributed by atoms with Crippen LogP contribution in [-0.2, 0) is 42.3 Å². The van der Waals surface area contributed by atoms with Crippen molar-refractivity contribution in [3.63, 3.8) is 0 Å². The number of carbonyl (C=O) groups is 1. The van der Waals surface area contributed by atoms with Crippen molar-refractivity contribution >= 4 is 18.3 Å². The Balaban J connectivity index is 0. The monoisotopic (exact) mass is 268 g/mol. The van der Waals surface area contributed by atoms with E-state index in [9.17, 15) is 9.59 Å². The molecule has 0 heterocycles. The van der Waals surface area contributed by atoms with E-state index in [1.165, 1.54) is 13.8 Å². The van der Waals surface area contributed by atoms with Crippen molar-refractivity contribution in [1.29, 1.82) is 0 Å². The fourth-order valence-corrected chi connectivity index (χ4v) is 0.722. The zero-order chi connectivity index (χ0) is 10.3. The molecule has 0 aliphatic heterocycles. The molecule has 0 fully saturated rings. The van der Waals surface area contributed by atoms with Crippen LogP contribution in [0.3, 0.4) is 0 Å². The van der Waals surface area contributed by atoms with Crippen LogP contribution in [0.2, 0.25) is 0 Å². The summed E-state index contributed by atoms with van der Waals surface area (Å²) in [5.41, 5.74) is 0.388. The second-order valence-corrected chi connectivity index (χ2v) is 2.65. The summed E-state index contributed by atoms with van der Waals surface area (Å²) >= 11 is 0. The maximum atomic E-state index is 11.0. The first-order chi connectivity index (χ1) is 6.13. The number of allylic oxidation sites excluding steroid dienone is 2. The zero-order valence-electron chi connectivity index (χ0n) is 8.76. The summed E-state index contributed by atoms with van der Waals surface area (Å²) in [6.45, 7) is 4.87. The first-order valence-corrected chi connectivity index (χ1v) is 4.17. The van der Waals surface area contributed by atoms with Crippen molar-refractivity contribution in [2.24, 2.45) is 4.99 Å². The van der Waals surface area contributed by atoms with E-state index in [1.807, 2.05) is 6.92 Å². The van der Waals surface area contributed by atoms with Crippen LogP contribution < -0.4 is 0 Å². The first kappa shape index (κ1) is 16.3. The van der Waals surface area contributed by atoms with Crippen LogP contribution >= 0.6 is 0 Å². The van der Waals surface area contributed by atoms with E-state index >= 15 is 0 Å². The molecule has 0 rings (SSSR count). The molecule has 75 valence electrons. The fourth-order valence-electron chi connectivity index (χ4n) is 0.722. The molecule has 0 aliphatic carbocycles. The number of rotatable bonds is 5. The van der Waals surface area contributed by atoms with E-state index in [-0.39, 0.29) is 49.8 Å². The molecule has 0 aromatic carbocycles. The second-order valence-electron chi connectivity index (χ2n) is 2.65. The molecule has 0 N–H and O–H groups in total. The summed E-state index contributed by atoms with van der Waals surface area (Å²) in [6, 6.07) is 0. The maximum Gasteiger partial charge on any atom is 0.0958 e. The van der Waals surface area contributed by atoms with Crippen LogP contribution in [0.5, 0.6) is 0 Å². The number of nitrogens with zero attached hydrogens (tertiary/aromatic N) is 1. The number of carbonyl (C=O) groups excluding carboxylic acids is 2. The largest absolute Gasteiger partial charge is 0.454 e. The fraction of sp³-hybridized carbons (Fsp3) is 0.500. The first-order valence-electron chi connectivity index (χ1n) is 4.17. The molecule has 1 radical (unpaired) electrons. The zero-order valence-corrected chi connectivity index (χ0v) is 11.6. The molecule has 0 bridgehead atoms. The third-order valence-electron chi connectivity index (χ3n) is 1.39. The molecule has 0 spiro atoms. The van der Waals surface area contributed by atoms with Gasteiger partial charge in [0, 0.05) is 32.7 Å². The Bertz CT molecular complexity index is 257. The summed E-state index contributed by atoms with van der Waals surface area (Å²) in [5.74, 6) is -0.232. The quantitative estimate of drug-likeness (QED) is 0.433. The van der Waals surface area contributed by atoms with Gasteiger partial charge in [-0.25, -0.2) is 0 Å². The minimum atomic E-state index is -0.232. The van der Waals surface area contributed by atoms with Gasteiger partial charge < -0.3 is 14.6 Å². The van der Waals surface area contributed by atoms with Crippen LogP contribution in [0.4, 0.5) is 0 Å². The van der Waals surface area contributed by atoms with E-state index in [0.29, 0.717) is 6.42 Å². The molecule has 0 saturated heterocycles. The van der Waals surface area contributed by atoms with Gasteiger partial charge in [0.1, 0.15) is 0 Å². The molecular weight excluding hydrogens is 255 g/mol. The van der Waals surface area contributed by atoms with Gasteiger partial charge in [0.25, 0.3) is 0 Å². The topological polar surface area (TPSA) is 46.5 Å². The normalized spacial score (nSPS) is 11.9. The van der Waals surface area contributed by atoms with Crippen molar-refractivity contribution in [2.75, 3.05) is 0 Å². The number of aliphatic imine (C=N–C) groups is 1. The van der Waals surface area contributed by atoms with Gasteiger partial charge in [0.2, 0.25) is 0 Å².